The second-order valence-electron chi connectivity index (χ2n) is 5.68. The molecule has 1 aliphatic rings. The smallest absolute Gasteiger partial charge is 0.232 e. The van der Waals surface area contributed by atoms with Crippen LogP contribution in [0.5, 0.6) is 0 Å². The Kier molecular flexibility index (Phi) is 7.28. The van der Waals surface area contributed by atoms with Crippen molar-refractivity contribution < 1.29 is 9.59 Å². The van der Waals surface area contributed by atoms with Crippen molar-refractivity contribution in [1.29, 1.82) is 0 Å². The molecule has 2 N–H and O–H groups in total. The van der Waals surface area contributed by atoms with Crippen LogP contribution in [0.2, 0.25) is 0 Å². The summed E-state index contributed by atoms with van der Waals surface area (Å²) in [6.45, 7) is 5.28. The SMILES string of the molecule is CC(C)C[C@H]1CCCCCN1C(=O)CSCC(N)=O. The van der Waals surface area contributed by atoms with Gasteiger partial charge in [0.2, 0.25) is 11.8 Å². The number of rotatable bonds is 6. The van der Waals surface area contributed by atoms with Crippen molar-refractivity contribution in [3.8, 4) is 0 Å². The third kappa shape index (κ3) is 6.32. The van der Waals surface area contributed by atoms with Crippen molar-refractivity contribution in [3.63, 3.8) is 0 Å². The van der Waals surface area contributed by atoms with Crippen molar-refractivity contribution in [3.05, 3.63) is 0 Å². The number of likely N-dealkylation sites (tertiary alicyclic amines) is 1. The lowest BCUT2D eigenvalue weighted by Gasteiger charge is -2.31. The molecule has 0 bridgehead atoms. The van der Waals surface area contributed by atoms with Gasteiger partial charge in [-0.05, 0) is 25.2 Å². The van der Waals surface area contributed by atoms with E-state index in [0.29, 0.717) is 17.7 Å². The topological polar surface area (TPSA) is 63.4 Å². The van der Waals surface area contributed by atoms with Gasteiger partial charge in [-0.25, -0.2) is 0 Å². The molecule has 1 rings (SSSR count). The van der Waals surface area contributed by atoms with Crippen LogP contribution in [-0.2, 0) is 9.59 Å². The van der Waals surface area contributed by atoms with Crippen LogP contribution in [-0.4, -0.2) is 40.8 Å². The van der Waals surface area contributed by atoms with Gasteiger partial charge in [-0.15, -0.1) is 11.8 Å². The molecular weight excluding hydrogens is 260 g/mol. The summed E-state index contributed by atoms with van der Waals surface area (Å²) in [5.74, 6) is 1.02. The van der Waals surface area contributed by atoms with Crippen molar-refractivity contribution in [2.45, 2.75) is 52.0 Å². The third-order valence-electron chi connectivity index (χ3n) is 3.41. The van der Waals surface area contributed by atoms with Crippen LogP contribution in [0.15, 0.2) is 0 Å². The van der Waals surface area contributed by atoms with E-state index >= 15 is 0 Å². The van der Waals surface area contributed by atoms with E-state index in [1.165, 1.54) is 24.6 Å². The Morgan fingerprint density at radius 2 is 2.00 bits per heavy atom. The normalized spacial score (nSPS) is 20.4. The fourth-order valence-electron chi connectivity index (χ4n) is 2.62. The van der Waals surface area contributed by atoms with Crippen LogP contribution < -0.4 is 5.73 Å². The highest BCUT2D eigenvalue weighted by atomic mass is 32.2. The Morgan fingerprint density at radius 1 is 1.26 bits per heavy atom. The highest BCUT2D eigenvalue weighted by Crippen LogP contribution is 2.23. The minimum atomic E-state index is -0.354. The minimum Gasteiger partial charge on any atom is -0.369 e. The Balaban J connectivity index is 2.52. The lowest BCUT2D eigenvalue weighted by Crippen LogP contribution is -2.41. The summed E-state index contributed by atoms with van der Waals surface area (Å²) in [6.07, 6.45) is 5.72. The average Bonchev–Trinajstić information content (AvgIpc) is 2.53. The molecular formula is C14H26N2O2S. The summed E-state index contributed by atoms with van der Waals surface area (Å²) in [5.41, 5.74) is 5.09. The van der Waals surface area contributed by atoms with E-state index in [9.17, 15) is 9.59 Å². The number of carbonyl (C=O) groups excluding carboxylic acids is 2. The van der Waals surface area contributed by atoms with E-state index in [4.69, 9.17) is 5.73 Å². The first-order chi connectivity index (χ1) is 9.00. The molecule has 110 valence electrons. The van der Waals surface area contributed by atoms with Gasteiger partial charge in [-0.3, -0.25) is 9.59 Å². The Labute approximate surface area is 120 Å². The maximum atomic E-state index is 12.3. The van der Waals surface area contributed by atoms with Crippen molar-refractivity contribution in [2.75, 3.05) is 18.1 Å². The molecule has 0 radical (unpaired) electrons. The predicted octanol–water partition coefficient (Wildman–Crippen LogP) is 2.02. The van der Waals surface area contributed by atoms with Gasteiger partial charge in [-0.1, -0.05) is 26.7 Å². The number of nitrogens with zero attached hydrogens (tertiary/aromatic N) is 1. The van der Waals surface area contributed by atoms with E-state index in [2.05, 4.69) is 13.8 Å². The first-order valence-corrected chi connectivity index (χ1v) is 8.31. The highest BCUT2D eigenvalue weighted by Gasteiger charge is 2.25. The first-order valence-electron chi connectivity index (χ1n) is 7.16. The van der Waals surface area contributed by atoms with E-state index < -0.39 is 0 Å². The molecule has 0 aromatic heterocycles. The van der Waals surface area contributed by atoms with Gasteiger partial charge in [0.25, 0.3) is 0 Å². The standard InChI is InChI=1S/C14H26N2O2S/c1-11(2)8-12-6-4-3-5-7-16(12)14(18)10-19-9-13(15)17/h11-12H,3-10H2,1-2H3,(H2,15,17)/t12-/m1/s1. The zero-order valence-corrected chi connectivity index (χ0v) is 12.9. The Hall–Kier alpha value is -0.710. The second kappa shape index (κ2) is 8.46. The molecule has 5 heteroatoms. The minimum absolute atomic E-state index is 0.166. The second-order valence-corrected chi connectivity index (χ2v) is 6.66. The summed E-state index contributed by atoms with van der Waals surface area (Å²) >= 11 is 1.33. The number of carbonyl (C=O) groups is 2. The molecule has 2 amide bonds. The lowest BCUT2D eigenvalue weighted by molar-refractivity contribution is -0.130. The monoisotopic (exact) mass is 286 g/mol. The summed E-state index contributed by atoms with van der Waals surface area (Å²) in [6, 6.07) is 0.379. The van der Waals surface area contributed by atoms with Crippen molar-refractivity contribution >= 4 is 23.6 Å². The van der Waals surface area contributed by atoms with Gasteiger partial charge in [-0.2, -0.15) is 0 Å². The van der Waals surface area contributed by atoms with Crippen LogP contribution in [0.3, 0.4) is 0 Å². The largest absolute Gasteiger partial charge is 0.369 e. The number of hydrogen-bond donors (Lipinski definition) is 1. The molecule has 1 fully saturated rings. The predicted molar refractivity (Wildman–Crippen MR) is 79.9 cm³/mol. The molecule has 1 aliphatic heterocycles. The van der Waals surface area contributed by atoms with E-state index in [0.717, 1.165) is 25.8 Å². The number of nitrogens with two attached hydrogens (primary N) is 1. The molecule has 0 aromatic carbocycles. The van der Waals surface area contributed by atoms with Crippen LogP contribution >= 0.6 is 11.8 Å². The van der Waals surface area contributed by atoms with E-state index in [-0.39, 0.29) is 17.6 Å². The number of primary amides is 1. The van der Waals surface area contributed by atoms with Crippen LogP contribution in [0.4, 0.5) is 0 Å². The summed E-state index contributed by atoms with van der Waals surface area (Å²) in [4.78, 5) is 25.0. The molecule has 1 saturated heterocycles. The van der Waals surface area contributed by atoms with Crippen molar-refractivity contribution in [2.24, 2.45) is 11.7 Å². The molecule has 0 spiro atoms. The quantitative estimate of drug-likeness (QED) is 0.812. The van der Waals surface area contributed by atoms with Gasteiger partial charge in [0.1, 0.15) is 0 Å². The van der Waals surface area contributed by atoms with Gasteiger partial charge in [0.15, 0.2) is 0 Å². The molecule has 1 heterocycles. The average molecular weight is 286 g/mol. The van der Waals surface area contributed by atoms with E-state index in [1.807, 2.05) is 4.90 Å². The highest BCUT2D eigenvalue weighted by molar-refractivity contribution is 8.00. The maximum absolute atomic E-state index is 12.3. The number of thioether (sulfide) groups is 1. The number of amides is 2. The van der Waals surface area contributed by atoms with Gasteiger partial charge in [0, 0.05) is 12.6 Å². The Bertz CT molecular complexity index is 308. The zero-order chi connectivity index (χ0) is 14.3. The third-order valence-corrected chi connectivity index (χ3v) is 4.35. The summed E-state index contributed by atoms with van der Waals surface area (Å²) in [7, 11) is 0. The summed E-state index contributed by atoms with van der Waals surface area (Å²) in [5, 5.41) is 0. The fourth-order valence-corrected chi connectivity index (χ4v) is 3.26. The molecule has 1 atom stereocenters. The first kappa shape index (κ1) is 16.3. The molecule has 0 unspecified atom stereocenters. The number of hydrogen-bond acceptors (Lipinski definition) is 3. The van der Waals surface area contributed by atoms with Crippen molar-refractivity contribution in [1.82, 2.24) is 4.90 Å². The molecule has 0 aliphatic carbocycles. The lowest BCUT2D eigenvalue weighted by atomic mass is 9.99. The molecule has 0 saturated carbocycles. The van der Waals surface area contributed by atoms with E-state index in [1.54, 1.807) is 0 Å². The van der Waals surface area contributed by atoms with Crippen LogP contribution in [0, 0.1) is 5.92 Å². The summed E-state index contributed by atoms with van der Waals surface area (Å²) < 4.78 is 0. The molecule has 4 nitrogen and oxygen atoms in total. The Morgan fingerprint density at radius 3 is 2.63 bits per heavy atom. The zero-order valence-electron chi connectivity index (χ0n) is 12.1. The van der Waals surface area contributed by atoms with Gasteiger partial charge >= 0.3 is 0 Å². The van der Waals surface area contributed by atoms with Gasteiger partial charge in [0.05, 0.1) is 11.5 Å². The maximum Gasteiger partial charge on any atom is 0.232 e. The molecule has 0 aromatic rings. The fraction of sp³-hybridized carbons (Fsp3) is 0.857. The van der Waals surface area contributed by atoms with Crippen LogP contribution in [0.1, 0.15) is 46.0 Å². The van der Waals surface area contributed by atoms with Crippen LogP contribution in [0.25, 0.3) is 0 Å². The van der Waals surface area contributed by atoms with Gasteiger partial charge < -0.3 is 10.6 Å². The molecule has 19 heavy (non-hydrogen) atoms.